The molecule has 2 aromatic rings. The molecule has 1 amide bonds. The summed E-state index contributed by atoms with van der Waals surface area (Å²) in [5, 5.41) is 5.69. The predicted molar refractivity (Wildman–Crippen MR) is 133 cm³/mol. The number of carbonyl (C=O) groups is 1. The van der Waals surface area contributed by atoms with Crippen molar-refractivity contribution in [2.75, 3.05) is 38.0 Å². The molecule has 1 aromatic carbocycles. The van der Waals surface area contributed by atoms with Crippen LogP contribution in [0.2, 0.25) is 0 Å². The van der Waals surface area contributed by atoms with Gasteiger partial charge in [-0.25, -0.2) is 4.98 Å². The lowest BCUT2D eigenvalue weighted by Gasteiger charge is -2.58. The summed E-state index contributed by atoms with van der Waals surface area (Å²) in [5.41, 5.74) is 1.97. The van der Waals surface area contributed by atoms with Gasteiger partial charge in [-0.05, 0) is 67.9 Å². The van der Waals surface area contributed by atoms with Crippen molar-refractivity contribution in [2.24, 2.45) is 23.7 Å². The molecule has 2 heterocycles. The van der Waals surface area contributed by atoms with Gasteiger partial charge >= 0.3 is 0 Å². The number of carbonyl (C=O) groups excluding carboxylic acids is 1. The second kappa shape index (κ2) is 8.82. The summed E-state index contributed by atoms with van der Waals surface area (Å²) in [6.07, 6.45) is 7.45. The SMILES string of the molecule is O=C(CN1CCN(C2C3CC4CC(C3)CC2C4)CC1)Nc1nc(-c2ccc(Br)cc2)cs1. The third kappa shape index (κ3) is 4.29. The first-order valence-corrected chi connectivity index (χ1v) is 13.8. The molecule has 4 bridgehead atoms. The first-order chi connectivity index (χ1) is 15.6. The second-order valence-corrected chi connectivity index (χ2v) is 12.1. The zero-order chi connectivity index (χ0) is 21.7. The molecule has 7 heteroatoms. The standard InChI is InChI=1S/C25H31BrN4OS/c26-21-3-1-18(2-4-21)22-15-32-25(27-22)28-23(31)14-29-5-7-30(8-6-29)24-19-10-16-9-17(12-19)13-20(24)11-16/h1-4,15-17,19-20,24H,5-14H2,(H,27,28,31). The quantitative estimate of drug-likeness (QED) is 0.612. The first-order valence-electron chi connectivity index (χ1n) is 12.1. The van der Waals surface area contributed by atoms with E-state index < -0.39 is 0 Å². The van der Waals surface area contributed by atoms with Gasteiger partial charge in [0.15, 0.2) is 5.13 Å². The summed E-state index contributed by atoms with van der Waals surface area (Å²) in [6, 6.07) is 8.92. The number of rotatable bonds is 5. The Hall–Kier alpha value is -1.28. The Kier molecular flexibility index (Phi) is 5.86. The Morgan fingerprint density at radius 1 is 1.00 bits per heavy atom. The van der Waals surface area contributed by atoms with Crippen molar-refractivity contribution < 1.29 is 4.79 Å². The molecule has 170 valence electrons. The predicted octanol–water partition coefficient (Wildman–Crippen LogP) is 4.95. The van der Waals surface area contributed by atoms with Gasteiger partial charge in [0.25, 0.3) is 0 Å². The third-order valence-corrected chi connectivity index (χ3v) is 9.55. The molecule has 5 fully saturated rings. The van der Waals surface area contributed by atoms with E-state index in [9.17, 15) is 4.79 Å². The minimum absolute atomic E-state index is 0.0461. The van der Waals surface area contributed by atoms with Crippen LogP contribution >= 0.6 is 27.3 Å². The molecule has 0 spiro atoms. The molecule has 4 aliphatic carbocycles. The molecule has 5 nitrogen and oxygen atoms in total. The van der Waals surface area contributed by atoms with Gasteiger partial charge in [0, 0.05) is 47.6 Å². The van der Waals surface area contributed by atoms with E-state index in [2.05, 4.69) is 36.0 Å². The first kappa shape index (κ1) is 21.3. The summed E-state index contributed by atoms with van der Waals surface area (Å²) in [6.45, 7) is 4.69. The van der Waals surface area contributed by atoms with Gasteiger partial charge in [-0.1, -0.05) is 28.1 Å². The fourth-order valence-electron chi connectivity index (χ4n) is 7.16. The lowest BCUT2D eigenvalue weighted by molar-refractivity contribution is -0.118. The highest BCUT2D eigenvalue weighted by Gasteiger charge is 2.50. The number of halogens is 1. The number of amides is 1. The van der Waals surface area contributed by atoms with Crippen molar-refractivity contribution in [2.45, 2.75) is 38.1 Å². The van der Waals surface area contributed by atoms with Crippen LogP contribution < -0.4 is 5.32 Å². The topological polar surface area (TPSA) is 48.5 Å². The average Bonchev–Trinajstić information content (AvgIpc) is 3.23. The minimum Gasteiger partial charge on any atom is -0.301 e. The smallest absolute Gasteiger partial charge is 0.240 e. The highest BCUT2D eigenvalue weighted by atomic mass is 79.9. The van der Waals surface area contributed by atoms with Crippen molar-refractivity contribution >= 4 is 38.3 Å². The summed E-state index contributed by atoms with van der Waals surface area (Å²) in [7, 11) is 0. The number of nitrogens with one attached hydrogen (secondary N) is 1. The fourth-order valence-corrected chi connectivity index (χ4v) is 8.16. The Labute approximate surface area is 202 Å². The molecule has 1 saturated heterocycles. The van der Waals surface area contributed by atoms with Crippen LogP contribution in [-0.4, -0.2) is 59.5 Å². The van der Waals surface area contributed by atoms with Gasteiger partial charge in [-0.2, -0.15) is 0 Å². The van der Waals surface area contributed by atoms with Crippen molar-refractivity contribution in [3.8, 4) is 11.3 Å². The summed E-state index contributed by atoms with van der Waals surface area (Å²) in [5.74, 6) is 4.02. The molecule has 32 heavy (non-hydrogen) atoms. The molecule has 4 saturated carbocycles. The summed E-state index contributed by atoms with van der Waals surface area (Å²) < 4.78 is 1.05. The maximum absolute atomic E-state index is 12.6. The highest BCUT2D eigenvalue weighted by Crippen LogP contribution is 2.55. The van der Waals surface area contributed by atoms with Gasteiger partial charge in [0.05, 0.1) is 12.2 Å². The third-order valence-electron chi connectivity index (χ3n) is 8.26. The van der Waals surface area contributed by atoms with Crippen molar-refractivity contribution in [3.63, 3.8) is 0 Å². The van der Waals surface area contributed by atoms with Gasteiger partial charge in [0.2, 0.25) is 5.91 Å². The number of benzene rings is 1. The number of thiazole rings is 1. The van der Waals surface area contributed by atoms with E-state index in [1.165, 1.54) is 43.4 Å². The zero-order valence-corrected chi connectivity index (χ0v) is 20.8. The number of hydrogen-bond donors (Lipinski definition) is 1. The second-order valence-electron chi connectivity index (χ2n) is 10.3. The largest absolute Gasteiger partial charge is 0.301 e. The van der Waals surface area contributed by atoms with Crippen LogP contribution in [0.4, 0.5) is 5.13 Å². The number of hydrogen-bond acceptors (Lipinski definition) is 5. The van der Waals surface area contributed by atoms with Crippen LogP contribution in [0.1, 0.15) is 32.1 Å². The van der Waals surface area contributed by atoms with Crippen molar-refractivity contribution in [1.82, 2.24) is 14.8 Å². The molecule has 0 radical (unpaired) electrons. The van der Waals surface area contributed by atoms with Gasteiger partial charge < -0.3 is 5.32 Å². The van der Waals surface area contributed by atoms with Crippen molar-refractivity contribution in [3.05, 3.63) is 34.1 Å². The normalized spacial score (nSPS) is 32.3. The van der Waals surface area contributed by atoms with Crippen LogP contribution in [0.3, 0.4) is 0 Å². The van der Waals surface area contributed by atoms with Gasteiger partial charge in [0.1, 0.15) is 0 Å². The molecule has 1 aliphatic heterocycles. The highest BCUT2D eigenvalue weighted by molar-refractivity contribution is 9.10. The fraction of sp³-hybridized carbons (Fsp3) is 0.600. The Bertz CT molecular complexity index is 941. The van der Waals surface area contributed by atoms with E-state index in [1.807, 2.05) is 29.6 Å². The van der Waals surface area contributed by atoms with Crippen LogP contribution in [0, 0.1) is 23.7 Å². The summed E-state index contributed by atoms with van der Waals surface area (Å²) in [4.78, 5) is 22.3. The number of nitrogens with zero attached hydrogens (tertiary/aromatic N) is 3. The van der Waals surface area contributed by atoms with Gasteiger partial charge in [-0.3, -0.25) is 14.6 Å². The zero-order valence-electron chi connectivity index (χ0n) is 18.4. The molecule has 5 aliphatic rings. The van der Waals surface area contributed by atoms with Crippen LogP contribution in [0.25, 0.3) is 11.3 Å². The Balaban J connectivity index is 0.999. The number of piperazine rings is 1. The van der Waals surface area contributed by atoms with Crippen LogP contribution in [0.15, 0.2) is 34.1 Å². The molecular formula is C25H31BrN4OS. The molecule has 1 N–H and O–H groups in total. The number of anilines is 1. The van der Waals surface area contributed by atoms with Crippen LogP contribution in [0.5, 0.6) is 0 Å². The maximum atomic E-state index is 12.6. The van der Waals surface area contributed by atoms with Crippen molar-refractivity contribution in [1.29, 1.82) is 0 Å². The van der Waals surface area contributed by atoms with E-state index in [1.54, 1.807) is 0 Å². The summed E-state index contributed by atoms with van der Waals surface area (Å²) >= 11 is 4.95. The van der Waals surface area contributed by atoms with E-state index in [0.717, 1.165) is 71.6 Å². The maximum Gasteiger partial charge on any atom is 0.240 e. The van der Waals surface area contributed by atoms with Crippen LogP contribution in [-0.2, 0) is 4.79 Å². The minimum atomic E-state index is 0.0461. The van der Waals surface area contributed by atoms with Gasteiger partial charge in [-0.15, -0.1) is 11.3 Å². The molecule has 0 unspecified atom stereocenters. The Morgan fingerprint density at radius 3 is 2.31 bits per heavy atom. The number of aromatic nitrogens is 1. The molecule has 0 atom stereocenters. The van der Waals surface area contributed by atoms with E-state index in [-0.39, 0.29) is 5.91 Å². The average molecular weight is 516 g/mol. The van der Waals surface area contributed by atoms with E-state index in [4.69, 9.17) is 0 Å². The van der Waals surface area contributed by atoms with E-state index in [0.29, 0.717) is 11.7 Å². The molecule has 7 rings (SSSR count). The monoisotopic (exact) mass is 514 g/mol. The van der Waals surface area contributed by atoms with E-state index >= 15 is 0 Å². The lowest BCUT2D eigenvalue weighted by Crippen LogP contribution is -2.60. The lowest BCUT2D eigenvalue weighted by atomic mass is 9.54. The Morgan fingerprint density at radius 2 is 1.66 bits per heavy atom. The molecular weight excluding hydrogens is 484 g/mol. The molecule has 1 aromatic heterocycles.